The minimum Gasteiger partial charge on any atom is -0.368 e. The standard InChI is InChI=1S/C12H11N5S2/c1-18-11-15-10(13)16-12(17-11)19-9-6-14-8-5-3-2-4-7(8)9/h2-6,14H,1H3,(H2,13,15,16,17). The van der Waals surface area contributed by atoms with Crippen molar-refractivity contribution in [1.82, 2.24) is 19.9 Å². The summed E-state index contributed by atoms with van der Waals surface area (Å²) in [5.41, 5.74) is 6.77. The van der Waals surface area contributed by atoms with Crippen LogP contribution in [-0.4, -0.2) is 26.2 Å². The van der Waals surface area contributed by atoms with E-state index in [2.05, 4.69) is 26.0 Å². The van der Waals surface area contributed by atoms with Gasteiger partial charge in [-0.15, -0.1) is 0 Å². The Kier molecular flexibility index (Phi) is 3.31. The summed E-state index contributed by atoms with van der Waals surface area (Å²) in [6, 6.07) is 8.11. The minimum absolute atomic E-state index is 0.252. The third-order valence-corrected chi connectivity index (χ3v) is 4.02. The zero-order valence-electron chi connectivity index (χ0n) is 10.1. The molecule has 0 aliphatic rings. The number of aromatic nitrogens is 4. The van der Waals surface area contributed by atoms with Crippen molar-refractivity contribution < 1.29 is 0 Å². The van der Waals surface area contributed by atoms with Gasteiger partial charge in [-0.05, 0) is 24.1 Å². The van der Waals surface area contributed by atoms with Crippen LogP contribution in [0.5, 0.6) is 0 Å². The summed E-state index contributed by atoms with van der Waals surface area (Å²) >= 11 is 2.93. The van der Waals surface area contributed by atoms with Crippen LogP contribution in [0.2, 0.25) is 0 Å². The van der Waals surface area contributed by atoms with Crippen LogP contribution in [0.4, 0.5) is 5.95 Å². The number of H-pyrrole nitrogens is 1. The minimum atomic E-state index is 0.252. The molecule has 3 N–H and O–H groups in total. The summed E-state index contributed by atoms with van der Waals surface area (Å²) in [5.74, 6) is 0.252. The maximum atomic E-state index is 5.68. The molecule has 0 saturated heterocycles. The summed E-state index contributed by atoms with van der Waals surface area (Å²) in [4.78, 5) is 16.8. The number of anilines is 1. The van der Waals surface area contributed by atoms with Crippen molar-refractivity contribution in [3.63, 3.8) is 0 Å². The highest BCUT2D eigenvalue weighted by atomic mass is 32.2. The van der Waals surface area contributed by atoms with Gasteiger partial charge in [-0.2, -0.15) is 15.0 Å². The second kappa shape index (κ2) is 5.10. The molecule has 19 heavy (non-hydrogen) atoms. The van der Waals surface area contributed by atoms with Crippen LogP contribution in [0.3, 0.4) is 0 Å². The lowest BCUT2D eigenvalue weighted by molar-refractivity contribution is 0.815. The van der Waals surface area contributed by atoms with Crippen molar-refractivity contribution in [2.45, 2.75) is 15.2 Å². The van der Waals surface area contributed by atoms with E-state index in [0.29, 0.717) is 10.3 Å². The molecule has 0 radical (unpaired) electrons. The largest absolute Gasteiger partial charge is 0.368 e. The average molecular weight is 289 g/mol. The van der Waals surface area contributed by atoms with Gasteiger partial charge in [0.1, 0.15) is 0 Å². The lowest BCUT2D eigenvalue weighted by Crippen LogP contribution is -2.00. The third-order valence-electron chi connectivity index (χ3n) is 2.55. The summed E-state index contributed by atoms with van der Waals surface area (Å²) < 4.78 is 0. The Morgan fingerprint density at radius 1 is 1.11 bits per heavy atom. The maximum Gasteiger partial charge on any atom is 0.225 e. The van der Waals surface area contributed by atoms with Crippen molar-refractivity contribution in [1.29, 1.82) is 0 Å². The van der Waals surface area contributed by atoms with Crippen LogP contribution in [-0.2, 0) is 0 Å². The van der Waals surface area contributed by atoms with E-state index in [9.17, 15) is 0 Å². The molecule has 7 heteroatoms. The third kappa shape index (κ3) is 2.52. The molecular weight excluding hydrogens is 278 g/mol. The number of nitrogens with two attached hydrogens (primary N) is 1. The molecule has 3 aromatic rings. The number of nitrogens with zero attached hydrogens (tertiary/aromatic N) is 3. The molecule has 0 saturated carbocycles. The van der Waals surface area contributed by atoms with Gasteiger partial charge in [0, 0.05) is 22.0 Å². The molecule has 0 amide bonds. The number of para-hydroxylation sites is 1. The first-order valence-corrected chi connectivity index (χ1v) is 7.60. The number of nitrogen functional groups attached to an aromatic ring is 1. The first-order valence-electron chi connectivity index (χ1n) is 5.56. The lowest BCUT2D eigenvalue weighted by Gasteiger charge is -2.01. The van der Waals surface area contributed by atoms with Crippen LogP contribution in [0.25, 0.3) is 10.9 Å². The number of thioether (sulfide) groups is 1. The van der Waals surface area contributed by atoms with E-state index in [0.717, 1.165) is 15.8 Å². The van der Waals surface area contributed by atoms with E-state index in [1.165, 1.54) is 23.5 Å². The Labute approximate surface area is 118 Å². The number of nitrogens with one attached hydrogen (secondary N) is 1. The Morgan fingerprint density at radius 3 is 2.74 bits per heavy atom. The second-order valence-corrected chi connectivity index (χ2v) is 5.55. The van der Waals surface area contributed by atoms with Gasteiger partial charge in [0.2, 0.25) is 5.95 Å². The van der Waals surface area contributed by atoms with E-state index >= 15 is 0 Å². The normalized spacial score (nSPS) is 11.0. The lowest BCUT2D eigenvalue weighted by atomic mass is 10.2. The van der Waals surface area contributed by atoms with Gasteiger partial charge in [-0.1, -0.05) is 30.0 Å². The molecular formula is C12H11N5S2. The van der Waals surface area contributed by atoms with Gasteiger partial charge in [-0.3, -0.25) is 0 Å². The van der Waals surface area contributed by atoms with Gasteiger partial charge in [-0.25, -0.2) is 0 Å². The molecule has 2 aromatic heterocycles. The summed E-state index contributed by atoms with van der Waals surface area (Å²) in [7, 11) is 0. The Balaban J connectivity index is 1.99. The van der Waals surface area contributed by atoms with Crippen molar-refractivity contribution in [3.05, 3.63) is 30.5 Å². The topological polar surface area (TPSA) is 80.5 Å². The molecule has 96 valence electrons. The monoisotopic (exact) mass is 289 g/mol. The fourth-order valence-electron chi connectivity index (χ4n) is 1.72. The van der Waals surface area contributed by atoms with Crippen molar-refractivity contribution in [2.75, 3.05) is 12.0 Å². The quantitative estimate of drug-likeness (QED) is 0.722. The predicted octanol–water partition coefficient (Wildman–Crippen LogP) is 2.81. The maximum absolute atomic E-state index is 5.68. The zero-order chi connectivity index (χ0) is 13.2. The molecule has 0 fully saturated rings. The second-order valence-electron chi connectivity index (χ2n) is 3.76. The van der Waals surface area contributed by atoms with Gasteiger partial charge in [0.25, 0.3) is 0 Å². The highest BCUT2D eigenvalue weighted by Crippen LogP contribution is 2.32. The molecule has 0 spiro atoms. The molecule has 5 nitrogen and oxygen atoms in total. The molecule has 1 aromatic carbocycles. The Hall–Kier alpha value is -1.73. The van der Waals surface area contributed by atoms with E-state index in [1.807, 2.05) is 30.7 Å². The van der Waals surface area contributed by atoms with Gasteiger partial charge in [0.05, 0.1) is 0 Å². The number of aromatic amines is 1. The van der Waals surface area contributed by atoms with Crippen LogP contribution in [0, 0.1) is 0 Å². The van der Waals surface area contributed by atoms with E-state index in [-0.39, 0.29) is 5.95 Å². The van der Waals surface area contributed by atoms with E-state index in [1.54, 1.807) is 0 Å². The zero-order valence-corrected chi connectivity index (χ0v) is 11.8. The fraction of sp³-hybridized carbons (Fsp3) is 0.0833. The van der Waals surface area contributed by atoms with Gasteiger partial charge >= 0.3 is 0 Å². The molecule has 0 bridgehead atoms. The van der Waals surface area contributed by atoms with Crippen molar-refractivity contribution in [3.8, 4) is 0 Å². The van der Waals surface area contributed by atoms with Crippen LogP contribution >= 0.6 is 23.5 Å². The fourth-order valence-corrected chi connectivity index (χ4v) is 3.01. The molecule has 0 unspecified atom stereocenters. The van der Waals surface area contributed by atoms with Crippen molar-refractivity contribution in [2.24, 2.45) is 0 Å². The molecule has 0 atom stereocenters. The van der Waals surface area contributed by atoms with Gasteiger partial charge in [0.15, 0.2) is 10.3 Å². The molecule has 3 rings (SSSR count). The molecule has 0 aliphatic heterocycles. The smallest absolute Gasteiger partial charge is 0.225 e. The summed E-state index contributed by atoms with van der Waals surface area (Å²) in [5, 5.41) is 2.40. The molecule has 2 heterocycles. The SMILES string of the molecule is CSc1nc(N)nc(Sc2c[nH]c3ccccc23)n1. The van der Waals surface area contributed by atoms with E-state index < -0.39 is 0 Å². The van der Waals surface area contributed by atoms with E-state index in [4.69, 9.17) is 5.73 Å². The Bertz CT molecular complexity index is 725. The highest BCUT2D eigenvalue weighted by Gasteiger charge is 2.09. The number of fused-ring (bicyclic) bond motifs is 1. The average Bonchev–Trinajstić information content (AvgIpc) is 2.82. The summed E-state index contributed by atoms with van der Waals surface area (Å²) in [6.45, 7) is 0. The highest BCUT2D eigenvalue weighted by molar-refractivity contribution is 7.99. The number of benzene rings is 1. The van der Waals surface area contributed by atoms with Crippen LogP contribution < -0.4 is 5.73 Å². The van der Waals surface area contributed by atoms with Gasteiger partial charge < -0.3 is 10.7 Å². The first-order chi connectivity index (χ1) is 9.26. The molecule has 0 aliphatic carbocycles. The Morgan fingerprint density at radius 2 is 1.89 bits per heavy atom. The number of rotatable bonds is 3. The predicted molar refractivity (Wildman–Crippen MR) is 78.4 cm³/mol. The van der Waals surface area contributed by atoms with Crippen LogP contribution in [0.15, 0.2) is 45.7 Å². The number of hydrogen-bond donors (Lipinski definition) is 2. The first kappa shape index (κ1) is 12.3. The van der Waals surface area contributed by atoms with Crippen LogP contribution in [0.1, 0.15) is 0 Å². The number of hydrogen-bond acceptors (Lipinski definition) is 6. The van der Waals surface area contributed by atoms with Crippen molar-refractivity contribution >= 4 is 40.4 Å². The summed E-state index contributed by atoms with van der Waals surface area (Å²) in [6.07, 6.45) is 3.86.